The molecule has 0 radical (unpaired) electrons. The van der Waals surface area contributed by atoms with E-state index >= 15 is 0 Å². The lowest BCUT2D eigenvalue weighted by atomic mass is 9.98. The smallest absolute Gasteiger partial charge is 0.407 e. The number of hydrogen-bond acceptors (Lipinski definition) is 5. The molecule has 2 aromatic carbocycles. The Hall–Kier alpha value is -3.65. The van der Waals surface area contributed by atoms with Crippen LogP contribution in [0.2, 0.25) is 0 Å². The molecule has 1 atom stereocenters. The van der Waals surface area contributed by atoms with E-state index < -0.39 is 24.0 Å². The SMILES string of the molecule is C=CCC(NC(=O)COCCNC(=O)OCC1c2ccccc2-c2ccccc21)C(=O)O. The van der Waals surface area contributed by atoms with Gasteiger partial charge < -0.3 is 25.2 Å². The van der Waals surface area contributed by atoms with Crippen molar-refractivity contribution in [2.75, 3.05) is 26.4 Å². The molecule has 0 heterocycles. The summed E-state index contributed by atoms with van der Waals surface area (Å²) in [5.74, 6) is -1.72. The Labute approximate surface area is 186 Å². The highest BCUT2D eigenvalue weighted by molar-refractivity contribution is 5.84. The molecule has 3 N–H and O–H groups in total. The second kappa shape index (κ2) is 11.1. The predicted molar refractivity (Wildman–Crippen MR) is 118 cm³/mol. The number of hydrogen-bond donors (Lipinski definition) is 3. The van der Waals surface area contributed by atoms with Gasteiger partial charge >= 0.3 is 12.1 Å². The van der Waals surface area contributed by atoms with E-state index in [1.807, 2.05) is 36.4 Å². The van der Waals surface area contributed by atoms with Crippen LogP contribution in [0.3, 0.4) is 0 Å². The molecule has 0 aromatic heterocycles. The number of carbonyl (C=O) groups excluding carboxylic acids is 2. The summed E-state index contributed by atoms with van der Waals surface area (Å²) in [4.78, 5) is 34.8. The van der Waals surface area contributed by atoms with E-state index in [1.54, 1.807) is 0 Å². The van der Waals surface area contributed by atoms with Gasteiger partial charge in [0.2, 0.25) is 5.91 Å². The van der Waals surface area contributed by atoms with E-state index in [0.717, 1.165) is 22.3 Å². The van der Waals surface area contributed by atoms with Crippen LogP contribution < -0.4 is 10.6 Å². The largest absolute Gasteiger partial charge is 0.480 e. The van der Waals surface area contributed by atoms with Crippen molar-refractivity contribution in [3.8, 4) is 11.1 Å². The highest BCUT2D eigenvalue weighted by Crippen LogP contribution is 2.44. The number of carboxylic acid groups (broad SMARTS) is 1. The molecule has 3 rings (SSSR count). The molecule has 0 spiro atoms. The highest BCUT2D eigenvalue weighted by Gasteiger charge is 2.28. The fourth-order valence-corrected chi connectivity index (χ4v) is 3.66. The fourth-order valence-electron chi connectivity index (χ4n) is 3.66. The van der Waals surface area contributed by atoms with Gasteiger partial charge in [-0.3, -0.25) is 4.79 Å². The summed E-state index contributed by atoms with van der Waals surface area (Å²) in [6, 6.07) is 15.1. The van der Waals surface area contributed by atoms with Crippen LogP contribution >= 0.6 is 0 Å². The van der Waals surface area contributed by atoms with Crippen LogP contribution in [0, 0.1) is 0 Å². The molecule has 8 nitrogen and oxygen atoms in total. The molecule has 2 aromatic rings. The molecule has 1 unspecified atom stereocenters. The van der Waals surface area contributed by atoms with Crippen LogP contribution in [-0.2, 0) is 19.1 Å². The third-order valence-electron chi connectivity index (χ3n) is 5.13. The van der Waals surface area contributed by atoms with Crippen molar-refractivity contribution in [1.29, 1.82) is 0 Å². The molecule has 32 heavy (non-hydrogen) atoms. The van der Waals surface area contributed by atoms with Gasteiger partial charge in [-0.05, 0) is 28.7 Å². The molecule has 0 saturated heterocycles. The first-order chi connectivity index (χ1) is 15.5. The minimum atomic E-state index is -1.14. The Kier molecular flexibility index (Phi) is 7.99. The summed E-state index contributed by atoms with van der Waals surface area (Å²) in [7, 11) is 0. The number of fused-ring (bicyclic) bond motifs is 3. The number of benzene rings is 2. The van der Waals surface area contributed by atoms with Crippen molar-refractivity contribution in [2.24, 2.45) is 0 Å². The summed E-state index contributed by atoms with van der Waals surface area (Å²) in [5.41, 5.74) is 4.57. The number of carboxylic acids is 1. The first-order valence-corrected chi connectivity index (χ1v) is 10.3. The van der Waals surface area contributed by atoms with E-state index in [2.05, 4.69) is 29.3 Å². The number of carbonyl (C=O) groups is 3. The number of ether oxygens (including phenoxy) is 2. The summed E-state index contributed by atoms with van der Waals surface area (Å²) in [5, 5.41) is 13.9. The second-order valence-corrected chi connectivity index (χ2v) is 7.29. The molecule has 0 bridgehead atoms. The Balaban J connectivity index is 1.38. The third-order valence-corrected chi connectivity index (χ3v) is 5.13. The lowest BCUT2D eigenvalue weighted by molar-refractivity contribution is -0.142. The molecule has 1 aliphatic carbocycles. The minimum absolute atomic E-state index is 0.0224. The van der Waals surface area contributed by atoms with Crippen molar-refractivity contribution in [2.45, 2.75) is 18.4 Å². The van der Waals surface area contributed by atoms with Gasteiger partial charge in [0.1, 0.15) is 19.3 Å². The zero-order chi connectivity index (χ0) is 22.9. The molecule has 1 aliphatic rings. The predicted octanol–water partition coefficient (Wildman–Crippen LogP) is 2.69. The van der Waals surface area contributed by atoms with E-state index in [4.69, 9.17) is 14.6 Å². The van der Waals surface area contributed by atoms with Gasteiger partial charge in [0, 0.05) is 12.5 Å². The number of aliphatic carboxylic acids is 1. The lowest BCUT2D eigenvalue weighted by Gasteiger charge is -2.15. The van der Waals surface area contributed by atoms with Crippen molar-refractivity contribution in [1.82, 2.24) is 10.6 Å². The highest BCUT2D eigenvalue weighted by atomic mass is 16.5. The molecule has 0 aliphatic heterocycles. The molecule has 168 valence electrons. The van der Waals surface area contributed by atoms with Crippen LogP contribution in [0.1, 0.15) is 23.5 Å². The van der Waals surface area contributed by atoms with Crippen molar-refractivity contribution in [3.05, 3.63) is 72.3 Å². The Morgan fingerprint density at radius 2 is 1.69 bits per heavy atom. The van der Waals surface area contributed by atoms with Crippen molar-refractivity contribution in [3.63, 3.8) is 0 Å². The maximum atomic E-state index is 12.1. The Morgan fingerprint density at radius 1 is 1.06 bits per heavy atom. The second-order valence-electron chi connectivity index (χ2n) is 7.29. The molecule has 8 heteroatoms. The molecular weight excluding hydrogens is 412 g/mol. The minimum Gasteiger partial charge on any atom is -0.480 e. The normalized spacial score (nSPS) is 12.9. The molecule has 0 saturated carbocycles. The first kappa shape index (κ1) is 23.0. The van der Waals surface area contributed by atoms with Gasteiger partial charge in [-0.25, -0.2) is 9.59 Å². The van der Waals surface area contributed by atoms with Crippen LogP contribution in [0.4, 0.5) is 4.79 Å². The molecule has 0 fully saturated rings. The number of rotatable bonds is 11. The standard InChI is InChI=1S/C24H26N2O6/c1-2-7-21(23(28)29)26-22(27)15-31-13-12-25-24(30)32-14-20-18-10-5-3-8-16(18)17-9-4-6-11-19(17)20/h2-6,8-11,20-21H,1,7,12-15H2,(H,25,30)(H,26,27)(H,28,29). The van der Waals surface area contributed by atoms with E-state index in [-0.39, 0.29) is 38.7 Å². The maximum absolute atomic E-state index is 12.1. The van der Waals surface area contributed by atoms with E-state index in [9.17, 15) is 14.4 Å². The van der Waals surface area contributed by atoms with Gasteiger partial charge in [-0.1, -0.05) is 54.6 Å². The summed E-state index contributed by atoms with van der Waals surface area (Å²) in [6.07, 6.45) is 0.958. The topological polar surface area (TPSA) is 114 Å². The lowest BCUT2D eigenvalue weighted by Crippen LogP contribution is -2.42. The van der Waals surface area contributed by atoms with Gasteiger partial charge in [0.25, 0.3) is 0 Å². The quantitative estimate of drug-likeness (QED) is 0.367. The molecule has 2 amide bonds. The summed E-state index contributed by atoms with van der Waals surface area (Å²) in [6.45, 7) is 3.59. The zero-order valence-corrected chi connectivity index (χ0v) is 17.6. The van der Waals surface area contributed by atoms with Crippen LogP contribution in [0.25, 0.3) is 11.1 Å². The van der Waals surface area contributed by atoms with Gasteiger partial charge in [-0.15, -0.1) is 6.58 Å². The van der Waals surface area contributed by atoms with Gasteiger partial charge in [0.15, 0.2) is 0 Å². The summed E-state index contributed by atoms with van der Waals surface area (Å²) >= 11 is 0. The van der Waals surface area contributed by atoms with Crippen LogP contribution in [0.15, 0.2) is 61.2 Å². The van der Waals surface area contributed by atoms with Crippen LogP contribution in [0.5, 0.6) is 0 Å². The monoisotopic (exact) mass is 438 g/mol. The zero-order valence-electron chi connectivity index (χ0n) is 17.6. The Bertz CT molecular complexity index is 944. The maximum Gasteiger partial charge on any atom is 0.407 e. The van der Waals surface area contributed by atoms with Crippen molar-refractivity contribution >= 4 is 18.0 Å². The average Bonchev–Trinajstić information content (AvgIpc) is 3.11. The van der Waals surface area contributed by atoms with Gasteiger partial charge in [-0.2, -0.15) is 0 Å². The van der Waals surface area contributed by atoms with E-state index in [0.29, 0.717) is 0 Å². The van der Waals surface area contributed by atoms with E-state index in [1.165, 1.54) is 6.08 Å². The van der Waals surface area contributed by atoms with Crippen molar-refractivity contribution < 1.29 is 29.0 Å². The number of alkyl carbamates (subject to hydrolysis) is 1. The average molecular weight is 438 g/mol. The first-order valence-electron chi connectivity index (χ1n) is 10.3. The number of amides is 2. The Morgan fingerprint density at radius 3 is 2.28 bits per heavy atom. The third kappa shape index (κ3) is 5.73. The summed E-state index contributed by atoms with van der Waals surface area (Å²) < 4.78 is 10.6. The fraction of sp³-hybridized carbons (Fsp3) is 0.292. The molecular formula is C24H26N2O6. The van der Waals surface area contributed by atoms with Crippen LogP contribution in [-0.4, -0.2) is 55.5 Å². The van der Waals surface area contributed by atoms with Gasteiger partial charge in [0.05, 0.1) is 6.61 Å². The number of nitrogens with one attached hydrogen (secondary N) is 2.